The van der Waals surface area contributed by atoms with Gasteiger partial charge in [-0.25, -0.2) is 4.39 Å². The first-order chi connectivity index (χ1) is 32.3. The summed E-state index contributed by atoms with van der Waals surface area (Å²) in [6.07, 6.45) is 5.21. The van der Waals surface area contributed by atoms with E-state index in [4.69, 9.17) is 27.9 Å². The number of halogens is 3. The molecule has 1 saturated carbocycles. The molecule has 6 N–H and O–H groups in total. The summed E-state index contributed by atoms with van der Waals surface area (Å²) in [4.78, 5) is 93.6. The lowest BCUT2D eigenvalue weighted by Gasteiger charge is -2.47. The smallest absolute Gasteiger partial charge is 0.258 e. The van der Waals surface area contributed by atoms with Gasteiger partial charge in [0.1, 0.15) is 23.0 Å². The topological polar surface area (TPSA) is 204 Å². The molecule has 4 atom stereocenters. The Morgan fingerprint density at radius 3 is 2.37 bits per heavy atom. The highest BCUT2D eigenvalue weighted by atomic mass is 35.5. The zero-order valence-electron chi connectivity index (χ0n) is 36.3. The van der Waals surface area contributed by atoms with Crippen LogP contribution in [0, 0.1) is 5.82 Å². The summed E-state index contributed by atoms with van der Waals surface area (Å²) in [5.41, 5.74) is 0.756. The van der Waals surface area contributed by atoms with Crippen LogP contribution >= 0.6 is 23.2 Å². The standard InChI is InChI=1S/C49H48Cl2FN7O8/c50-29-14-17-32-34(24-29)56-47(66)49(32)40(31-9-7-10-33(51)41(31)52)42(58-48(49)20-2-1-3-21-48)45(64)55-30-15-12-27(13-16-30)43(62)54-23-5-4-22-53-38(61)26-67-36-11-6-8-28-25-59(46(65)39(28)36)35-18-19-37(60)57-44(35)63/h6-17,24,35,40,42,58H,1-5,18-23,25-26H2,(H,53,61)(H,54,62)(H,55,64)(H,56,66)(H,57,60,63)/t35?,40-,42+,49+/m0/s1. The number of nitrogens with one attached hydrogen (secondary N) is 6. The highest BCUT2D eigenvalue weighted by Gasteiger charge is 2.72. The summed E-state index contributed by atoms with van der Waals surface area (Å²) in [7, 11) is 0. The van der Waals surface area contributed by atoms with Gasteiger partial charge in [0.05, 0.1) is 16.6 Å². The van der Waals surface area contributed by atoms with Crippen molar-refractivity contribution in [1.29, 1.82) is 0 Å². The summed E-state index contributed by atoms with van der Waals surface area (Å²) in [6, 6.07) is 19.4. The van der Waals surface area contributed by atoms with Crippen molar-refractivity contribution < 1.29 is 42.7 Å². The second kappa shape index (κ2) is 18.7. The average Bonchev–Trinajstić information content (AvgIpc) is 3.91. The molecule has 2 spiro atoms. The molecule has 67 heavy (non-hydrogen) atoms. The lowest BCUT2D eigenvalue weighted by atomic mass is 9.55. The normalized spacial score (nSPS) is 22.6. The molecule has 7 amide bonds. The molecule has 0 aromatic heterocycles. The molecule has 3 fully saturated rings. The zero-order chi connectivity index (χ0) is 47.0. The Morgan fingerprint density at radius 2 is 1.61 bits per heavy atom. The van der Waals surface area contributed by atoms with Gasteiger partial charge < -0.3 is 30.9 Å². The monoisotopic (exact) mass is 951 g/mol. The van der Waals surface area contributed by atoms with Crippen molar-refractivity contribution in [3.8, 4) is 5.75 Å². The van der Waals surface area contributed by atoms with E-state index < -0.39 is 58.4 Å². The van der Waals surface area contributed by atoms with Gasteiger partial charge in [-0.1, -0.05) is 72.8 Å². The number of unbranched alkanes of at least 4 members (excludes halogenated alkanes) is 1. The van der Waals surface area contributed by atoms with Crippen molar-refractivity contribution in [2.45, 2.75) is 93.3 Å². The molecule has 1 aliphatic carbocycles. The molecular weight excluding hydrogens is 904 g/mol. The maximum Gasteiger partial charge on any atom is 0.258 e. The highest BCUT2D eigenvalue weighted by Crippen LogP contribution is 2.63. The van der Waals surface area contributed by atoms with Gasteiger partial charge in [-0.05, 0) is 97.3 Å². The molecule has 0 bridgehead atoms. The summed E-state index contributed by atoms with van der Waals surface area (Å²) >= 11 is 12.8. The zero-order valence-corrected chi connectivity index (χ0v) is 37.8. The fourth-order valence-corrected chi connectivity index (χ4v) is 11.2. The number of hydrogen-bond acceptors (Lipinski definition) is 9. The van der Waals surface area contributed by atoms with Crippen molar-refractivity contribution >= 4 is 75.9 Å². The molecule has 348 valence electrons. The second-order valence-corrected chi connectivity index (χ2v) is 18.5. The number of rotatable bonds is 13. The Morgan fingerprint density at radius 1 is 0.866 bits per heavy atom. The SMILES string of the molecule is O=C(COc1cccc2c1C(=O)N(C1CCC(=O)NC1=O)C2)NCCCCNC(=O)c1ccc(NC(=O)[C@@H]2NC3(CCCCC3)[C@@]3(C(=O)Nc4cc(Cl)ccc43)[C@H]2c2cccc(Cl)c2F)cc1. The predicted octanol–water partition coefficient (Wildman–Crippen LogP) is 5.89. The maximum absolute atomic E-state index is 16.2. The number of nitrogens with zero attached hydrogens (tertiary/aromatic N) is 1. The second-order valence-electron chi connectivity index (χ2n) is 17.7. The Kier molecular flexibility index (Phi) is 12.8. The van der Waals surface area contributed by atoms with E-state index in [1.54, 1.807) is 72.8 Å². The molecule has 4 aliphatic heterocycles. The Hall–Kier alpha value is -6.36. The lowest BCUT2D eigenvalue weighted by Crippen LogP contribution is -2.60. The first kappa shape index (κ1) is 45.8. The van der Waals surface area contributed by atoms with Gasteiger partial charge in [-0.15, -0.1) is 0 Å². The molecule has 15 nitrogen and oxygen atoms in total. The van der Waals surface area contributed by atoms with Crippen molar-refractivity contribution in [3.05, 3.63) is 123 Å². The number of carbonyl (C=O) groups is 7. The number of piperidine rings is 1. The van der Waals surface area contributed by atoms with Crippen LogP contribution in [0.25, 0.3) is 0 Å². The van der Waals surface area contributed by atoms with Gasteiger partial charge in [0.2, 0.25) is 23.6 Å². The highest BCUT2D eigenvalue weighted by molar-refractivity contribution is 6.31. The minimum Gasteiger partial charge on any atom is -0.483 e. The average molecular weight is 953 g/mol. The van der Waals surface area contributed by atoms with Crippen LogP contribution in [-0.2, 0) is 35.9 Å². The van der Waals surface area contributed by atoms with Gasteiger partial charge in [-0.2, -0.15) is 0 Å². The van der Waals surface area contributed by atoms with Gasteiger partial charge in [0.15, 0.2) is 6.61 Å². The van der Waals surface area contributed by atoms with E-state index in [0.29, 0.717) is 71.9 Å². The first-order valence-electron chi connectivity index (χ1n) is 22.5. The molecule has 0 radical (unpaired) electrons. The molecule has 1 unspecified atom stereocenters. The van der Waals surface area contributed by atoms with E-state index in [2.05, 4.69) is 31.9 Å². The fourth-order valence-electron chi connectivity index (χ4n) is 10.8. The first-order valence-corrected chi connectivity index (χ1v) is 23.2. The van der Waals surface area contributed by atoms with Crippen molar-refractivity contribution in [2.75, 3.05) is 30.3 Å². The van der Waals surface area contributed by atoms with Gasteiger partial charge in [-0.3, -0.25) is 44.2 Å². The van der Waals surface area contributed by atoms with Gasteiger partial charge >= 0.3 is 0 Å². The van der Waals surface area contributed by atoms with E-state index in [-0.39, 0.29) is 65.6 Å². The van der Waals surface area contributed by atoms with E-state index >= 15 is 4.39 Å². The molecule has 2 saturated heterocycles. The molecule has 9 rings (SSSR count). The molecule has 4 aromatic rings. The minimum atomic E-state index is -1.37. The number of benzene rings is 4. The molecule has 18 heteroatoms. The lowest BCUT2D eigenvalue weighted by molar-refractivity contribution is -0.137. The van der Waals surface area contributed by atoms with Crippen LogP contribution in [0.1, 0.15) is 101 Å². The van der Waals surface area contributed by atoms with Crippen LogP contribution in [0.15, 0.2) is 78.9 Å². The quantitative estimate of drug-likeness (QED) is 0.0698. The Balaban J connectivity index is 0.781. The number of imide groups is 1. The number of carbonyl (C=O) groups excluding carboxylic acids is 7. The van der Waals surface area contributed by atoms with Crippen molar-refractivity contribution in [3.63, 3.8) is 0 Å². The summed E-state index contributed by atoms with van der Waals surface area (Å²) in [5.74, 6) is -4.29. The summed E-state index contributed by atoms with van der Waals surface area (Å²) in [5, 5.41) is 17.8. The molecular formula is C49H48Cl2FN7O8. The number of anilines is 2. The summed E-state index contributed by atoms with van der Waals surface area (Å²) < 4.78 is 22.0. The van der Waals surface area contributed by atoms with Crippen LogP contribution < -0.4 is 36.6 Å². The number of amides is 7. The van der Waals surface area contributed by atoms with Gasteiger partial charge in [0.25, 0.3) is 17.7 Å². The van der Waals surface area contributed by atoms with E-state index in [1.807, 2.05) is 0 Å². The van der Waals surface area contributed by atoms with Crippen LogP contribution in [-0.4, -0.2) is 83.6 Å². The van der Waals surface area contributed by atoms with Crippen LogP contribution in [0.4, 0.5) is 15.8 Å². The predicted molar refractivity (Wildman–Crippen MR) is 246 cm³/mol. The third kappa shape index (κ3) is 8.39. The minimum absolute atomic E-state index is 0.121. The van der Waals surface area contributed by atoms with E-state index in [1.165, 1.54) is 11.0 Å². The van der Waals surface area contributed by atoms with E-state index in [0.717, 1.165) is 19.3 Å². The fraction of sp³-hybridized carbons (Fsp3) is 0.367. The van der Waals surface area contributed by atoms with Crippen molar-refractivity contribution in [1.82, 2.24) is 26.2 Å². The summed E-state index contributed by atoms with van der Waals surface area (Å²) in [6.45, 7) is 0.496. The number of ether oxygens (including phenoxy) is 1. The molecule has 5 aliphatic rings. The molecule has 4 heterocycles. The van der Waals surface area contributed by atoms with E-state index in [9.17, 15) is 33.6 Å². The van der Waals surface area contributed by atoms with Crippen LogP contribution in [0.5, 0.6) is 5.75 Å². The number of fused-ring (bicyclic) bond motifs is 4. The maximum atomic E-state index is 16.2. The van der Waals surface area contributed by atoms with Crippen molar-refractivity contribution in [2.24, 2.45) is 0 Å². The third-order valence-corrected chi connectivity index (χ3v) is 14.3. The van der Waals surface area contributed by atoms with Crippen LogP contribution in [0.3, 0.4) is 0 Å². The van der Waals surface area contributed by atoms with Gasteiger partial charge in [0, 0.05) is 59.5 Å². The largest absolute Gasteiger partial charge is 0.483 e. The van der Waals surface area contributed by atoms with Crippen LogP contribution in [0.2, 0.25) is 10.0 Å². The Labute approximate surface area is 395 Å². The number of hydrogen-bond donors (Lipinski definition) is 6. The Bertz CT molecular complexity index is 2700. The molecule has 4 aromatic carbocycles. The third-order valence-electron chi connectivity index (χ3n) is 13.8.